The van der Waals surface area contributed by atoms with E-state index in [2.05, 4.69) is 59.5 Å². The SMILES string of the molecule is O=C(CSc1cccnn1)Nc1cc(N2CCN(Cc3ccccc3)CC2)ncn1. The predicted molar refractivity (Wildman–Crippen MR) is 117 cm³/mol. The molecule has 154 valence electrons. The standard InChI is InChI=1S/C21H23N7OS/c29-20(15-30-21-7-4-8-24-26-21)25-18-13-19(23-16-22-18)28-11-9-27(10-12-28)14-17-5-2-1-3-6-17/h1-8,13,16H,9-12,14-15H2,(H,22,23,25,29). The average Bonchev–Trinajstić information content (AvgIpc) is 2.80. The minimum atomic E-state index is -0.136. The first-order chi connectivity index (χ1) is 14.8. The highest BCUT2D eigenvalue weighted by Gasteiger charge is 2.19. The Kier molecular flexibility index (Phi) is 6.83. The Morgan fingerprint density at radius 3 is 2.63 bits per heavy atom. The van der Waals surface area contributed by atoms with Gasteiger partial charge in [0.05, 0.1) is 5.75 Å². The molecule has 1 amide bonds. The van der Waals surface area contributed by atoms with Crippen molar-refractivity contribution in [2.45, 2.75) is 11.6 Å². The van der Waals surface area contributed by atoms with Crippen molar-refractivity contribution in [1.29, 1.82) is 0 Å². The van der Waals surface area contributed by atoms with Crippen LogP contribution in [-0.4, -0.2) is 62.9 Å². The lowest BCUT2D eigenvalue weighted by atomic mass is 10.2. The molecule has 1 aliphatic heterocycles. The summed E-state index contributed by atoms with van der Waals surface area (Å²) in [6.45, 7) is 4.67. The third kappa shape index (κ3) is 5.74. The van der Waals surface area contributed by atoms with Gasteiger partial charge in [-0.2, -0.15) is 5.10 Å². The zero-order valence-corrected chi connectivity index (χ0v) is 17.3. The van der Waals surface area contributed by atoms with E-state index in [1.54, 1.807) is 12.3 Å². The number of benzene rings is 1. The van der Waals surface area contributed by atoms with Gasteiger partial charge in [-0.05, 0) is 17.7 Å². The quantitative estimate of drug-likeness (QED) is 0.582. The Morgan fingerprint density at radius 1 is 1.03 bits per heavy atom. The maximum absolute atomic E-state index is 12.2. The van der Waals surface area contributed by atoms with Gasteiger partial charge in [0.1, 0.15) is 23.0 Å². The van der Waals surface area contributed by atoms with Crippen LogP contribution < -0.4 is 10.2 Å². The molecule has 3 heterocycles. The van der Waals surface area contributed by atoms with Crippen LogP contribution in [0.2, 0.25) is 0 Å². The molecule has 0 bridgehead atoms. The summed E-state index contributed by atoms with van der Waals surface area (Å²) in [5, 5.41) is 11.3. The summed E-state index contributed by atoms with van der Waals surface area (Å²) in [6.07, 6.45) is 3.10. The molecule has 1 aliphatic rings. The highest BCUT2D eigenvalue weighted by Crippen LogP contribution is 2.18. The Labute approximate surface area is 179 Å². The van der Waals surface area contributed by atoms with E-state index in [1.165, 1.54) is 23.7 Å². The van der Waals surface area contributed by atoms with Crippen molar-refractivity contribution in [2.75, 3.05) is 42.1 Å². The van der Waals surface area contributed by atoms with Crippen LogP contribution in [-0.2, 0) is 11.3 Å². The van der Waals surface area contributed by atoms with E-state index in [9.17, 15) is 4.79 Å². The number of carbonyl (C=O) groups is 1. The van der Waals surface area contributed by atoms with Gasteiger partial charge < -0.3 is 10.2 Å². The summed E-state index contributed by atoms with van der Waals surface area (Å²) in [7, 11) is 0. The highest BCUT2D eigenvalue weighted by atomic mass is 32.2. The topological polar surface area (TPSA) is 87.1 Å². The molecule has 9 heteroatoms. The molecule has 1 N–H and O–H groups in total. The van der Waals surface area contributed by atoms with Crippen LogP contribution in [0.1, 0.15) is 5.56 Å². The number of amides is 1. The summed E-state index contributed by atoms with van der Waals surface area (Å²) < 4.78 is 0. The van der Waals surface area contributed by atoms with Crippen LogP contribution in [0.25, 0.3) is 0 Å². The number of rotatable bonds is 7. The maximum Gasteiger partial charge on any atom is 0.235 e. The summed E-state index contributed by atoms with van der Waals surface area (Å²) in [4.78, 5) is 25.5. The average molecular weight is 422 g/mol. The van der Waals surface area contributed by atoms with Crippen LogP contribution >= 0.6 is 11.8 Å². The molecule has 0 saturated carbocycles. The fourth-order valence-corrected chi connectivity index (χ4v) is 3.88. The first-order valence-electron chi connectivity index (χ1n) is 9.80. The molecule has 4 rings (SSSR count). The van der Waals surface area contributed by atoms with Crippen LogP contribution in [0, 0.1) is 0 Å². The minimum absolute atomic E-state index is 0.136. The fourth-order valence-electron chi connectivity index (χ4n) is 3.25. The van der Waals surface area contributed by atoms with Gasteiger partial charge in [0, 0.05) is 45.0 Å². The number of carbonyl (C=O) groups excluding carboxylic acids is 1. The number of hydrogen-bond donors (Lipinski definition) is 1. The summed E-state index contributed by atoms with van der Waals surface area (Å²) in [5.41, 5.74) is 1.33. The van der Waals surface area contributed by atoms with E-state index < -0.39 is 0 Å². The van der Waals surface area contributed by atoms with E-state index in [4.69, 9.17) is 0 Å². The van der Waals surface area contributed by atoms with Crippen molar-refractivity contribution >= 4 is 29.3 Å². The molecular weight excluding hydrogens is 398 g/mol. The van der Waals surface area contributed by atoms with E-state index in [1.807, 2.05) is 18.2 Å². The van der Waals surface area contributed by atoms with Crippen molar-refractivity contribution in [3.63, 3.8) is 0 Å². The molecule has 1 fully saturated rings. The van der Waals surface area contributed by atoms with Crippen molar-refractivity contribution in [1.82, 2.24) is 25.1 Å². The Morgan fingerprint density at radius 2 is 1.87 bits per heavy atom. The van der Waals surface area contributed by atoms with Gasteiger partial charge in [-0.25, -0.2) is 9.97 Å². The molecule has 30 heavy (non-hydrogen) atoms. The van der Waals surface area contributed by atoms with Crippen molar-refractivity contribution in [2.24, 2.45) is 0 Å². The monoisotopic (exact) mass is 421 g/mol. The third-order valence-corrected chi connectivity index (χ3v) is 5.68. The number of piperazine rings is 1. The van der Waals surface area contributed by atoms with E-state index in [0.717, 1.165) is 38.5 Å². The van der Waals surface area contributed by atoms with Crippen LogP contribution in [0.15, 0.2) is 66.1 Å². The van der Waals surface area contributed by atoms with Crippen LogP contribution in [0.4, 0.5) is 11.6 Å². The third-order valence-electron chi connectivity index (χ3n) is 4.76. The number of hydrogen-bond acceptors (Lipinski definition) is 8. The van der Waals surface area contributed by atoms with Crippen molar-refractivity contribution < 1.29 is 4.79 Å². The van der Waals surface area contributed by atoms with Gasteiger partial charge in [0.2, 0.25) is 5.91 Å². The number of aromatic nitrogens is 4. The molecule has 1 saturated heterocycles. The Bertz CT molecular complexity index is 950. The van der Waals surface area contributed by atoms with Gasteiger partial charge in [0.25, 0.3) is 0 Å². The van der Waals surface area contributed by atoms with Gasteiger partial charge in [-0.15, -0.1) is 5.10 Å². The number of nitrogens with zero attached hydrogens (tertiary/aromatic N) is 6. The first-order valence-corrected chi connectivity index (χ1v) is 10.8. The fraction of sp³-hybridized carbons (Fsp3) is 0.286. The molecule has 0 spiro atoms. The largest absolute Gasteiger partial charge is 0.354 e. The maximum atomic E-state index is 12.2. The lowest BCUT2D eigenvalue weighted by Gasteiger charge is -2.35. The molecule has 1 aromatic carbocycles. The Balaban J connectivity index is 1.27. The van der Waals surface area contributed by atoms with Crippen LogP contribution in [0.3, 0.4) is 0 Å². The zero-order chi connectivity index (χ0) is 20.6. The molecule has 3 aromatic rings. The van der Waals surface area contributed by atoms with Gasteiger partial charge in [-0.1, -0.05) is 42.1 Å². The lowest BCUT2D eigenvalue weighted by molar-refractivity contribution is -0.113. The molecule has 2 aromatic heterocycles. The second-order valence-electron chi connectivity index (χ2n) is 6.91. The number of anilines is 2. The minimum Gasteiger partial charge on any atom is -0.354 e. The summed E-state index contributed by atoms with van der Waals surface area (Å²) in [5.74, 6) is 1.46. The van der Waals surface area contributed by atoms with E-state index in [-0.39, 0.29) is 11.7 Å². The Hall–Kier alpha value is -3.04. The van der Waals surface area contributed by atoms with Gasteiger partial charge >= 0.3 is 0 Å². The normalized spacial score (nSPS) is 14.5. The molecule has 0 radical (unpaired) electrons. The highest BCUT2D eigenvalue weighted by molar-refractivity contribution is 7.99. The van der Waals surface area contributed by atoms with E-state index >= 15 is 0 Å². The van der Waals surface area contributed by atoms with Crippen molar-refractivity contribution in [3.8, 4) is 0 Å². The lowest BCUT2D eigenvalue weighted by Crippen LogP contribution is -2.46. The predicted octanol–water partition coefficient (Wildman–Crippen LogP) is 2.32. The molecular formula is C21H23N7OS. The zero-order valence-electron chi connectivity index (χ0n) is 16.5. The summed E-state index contributed by atoms with van der Waals surface area (Å²) >= 11 is 1.34. The molecule has 0 unspecified atom stereocenters. The number of thioether (sulfide) groups is 1. The molecule has 0 aliphatic carbocycles. The second-order valence-corrected chi connectivity index (χ2v) is 7.90. The molecule has 8 nitrogen and oxygen atoms in total. The number of nitrogens with one attached hydrogen (secondary N) is 1. The molecule has 0 atom stereocenters. The van der Waals surface area contributed by atoms with Gasteiger partial charge in [-0.3, -0.25) is 9.69 Å². The van der Waals surface area contributed by atoms with Gasteiger partial charge in [0.15, 0.2) is 0 Å². The summed E-state index contributed by atoms with van der Waals surface area (Å²) in [6, 6.07) is 16.0. The smallest absolute Gasteiger partial charge is 0.235 e. The second kappa shape index (κ2) is 10.1. The van der Waals surface area contributed by atoms with Crippen LogP contribution in [0.5, 0.6) is 0 Å². The van der Waals surface area contributed by atoms with Crippen molar-refractivity contribution in [3.05, 3.63) is 66.6 Å². The van der Waals surface area contributed by atoms with E-state index in [0.29, 0.717) is 10.8 Å². The first kappa shape index (κ1) is 20.2.